The van der Waals surface area contributed by atoms with Gasteiger partial charge in [-0.15, -0.1) is 0 Å². The van der Waals surface area contributed by atoms with E-state index in [2.05, 4.69) is 6.58 Å². The van der Waals surface area contributed by atoms with Gasteiger partial charge >= 0.3 is 0 Å². The van der Waals surface area contributed by atoms with E-state index < -0.39 is 20.0 Å². The van der Waals surface area contributed by atoms with E-state index in [0.717, 1.165) is 12.6 Å². The van der Waals surface area contributed by atoms with E-state index in [1.165, 1.54) is 36.4 Å². The third-order valence-corrected chi connectivity index (χ3v) is 7.40. The molecule has 7 heteroatoms. The summed E-state index contributed by atoms with van der Waals surface area (Å²) in [6.07, 6.45) is 1.57. The predicted molar refractivity (Wildman–Crippen MR) is 85.1 cm³/mol. The number of benzene rings is 2. The molecule has 2 aromatic rings. The van der Waals surface area contributed by atoms with Crippen LogP contribution in [0.5, 0.6) is 0 Å². The van der Waals surface area contributed by atoms with Crippen molar-refractivity contribution in [3.63, 3.8) is 0 Å². The van der Waals surface area contributed by atoms with Crippen molar-refractivity contribution in [2.75, 3.05) is 7.05 Å². The Balaban J connectivity index is 2.46. The van der Waals surface area contributed by atoms with Crippen LogP contribution in [0.2, 0.25) is 0 Å². The average Bonchev–Trinajstić information content (AvgIpc) is 2.55. The Hall–Kier alpha value is -1.96. The second-order valence-electron chi connectivity index (χ2n) is 4.48. The summed E-state index contributed by atoms with van der Waals surface area (Å²) >= 11 is 0. The molecule has 0 aliphatic carbocycles. The maximum atomic E-state index is 12.5. The van der Waals surface area contributed by atoms with Crippen molar-refractivity contribution >= 4 is 26.1 Å². The molecular weight excluding hydrogens is 322 g/mol. The molecule has 22 heavy (non-hydrogen) atoms. The number of rotatable bonds is 5. The zero-order valence-corrected chi connectivity index (χ0v) is 13.5. The molecule has 0 aliphatic heterocycles. The van der Waals surface area contributed by atoms with Gasteiger partial charge in [0.05, 0.1) is 9.79 Å². The van der Waals surface area contributed by atoms with Crippen LogP contribution < -0.4 is 0 Å². The Bertz CT molecular complexity index is 871. The van der Waals surface area contributed by atoms with Crippen molar-refractivity contribution in [1.29, 1.82) is 0 Å². The lowest BCUT2D eigenvalue weighted by atomic mass is 10.2. The SMILES string of the molecule is C=Cc1ccc(S(=O)(=O)N(C)S(=O)(=O)c2ccccc2)cc1. The molecular formula is C15H15NO4S2. The van der Waals surface area contributed by atoms with Crippen LogP contribution in [0.4, 0.5) is 0 Å². The van der Waals surface area contributed by atoms with Crippen LogP contribution in [-0.2, 0) is 20.0 Å². The van der Waals surface area contributed by atoms with Crippen LogP contribution in [0, 0.1) is 0 Å². The van der Waals surface area contributed by atoms with E-state index in [9.17, 15) is 16.8 Å². The maximum Gasteiger partial charge on any atom is 0.256 e. The molecule has 2 aromatic carbocycles. The Morgan fingerprint density at radius 3 is 1.73 bits per heavy atom. The van der Waals surface area contributed by atoms with Gasteiger partial charge in [0.25, 0.3) is 20.0 Å². The van der Waals surface area contributed by atoms with E-state index >= 15 is 0 Å². The zero-order chi connectivity index (χ0) is 16.4. The fourth-order valence-corrected chi connectivity index (χ4v) is 4.92. The summed E-state index contributed by atoms with van der Waals surface area (Å²) in [5, 5.41) is 0. The fraction of sp³-hybridized carbons (Fsp3) is 0.0667. The minimum atomic E-state index is -4.16. The molecule has 0 heterocycles. The molecule has 0 bridgehead atoms. The Morgan fingerprint density at radius 1 is 0.818 bits per heavy atom. The third kappa shape index (κ3) is 2.96. The van der Waals surface area contributed by atoms with Crippen LogP contribution in [-0.4, -0.2) is 27.6 Å². The van der Waals surface area contributed by atoms with Crippen LogP contribution in [0.15, 0.2) is 71.0 Å². The first kappa shape index (κ1) is 16.4. The zero-order valence-electron chi connectivity index (χ0n) is 11.9. The lowest BCUT2D eigenvalue weighted by Crippen LogP contribution is -2.33. The van der Waals surface area contributed by atoms with E-state index in [0.29, 0.717) is 3.71 Å². The normalized spacial score (nSPS) is 12.3. The maximum absolute atomic E-state index is 12.5. The van der Waals surface area contributed by atoms with E-state index in [-0.39, 0.29) is 9.79 Å². The Labute approximate surface area is 130 Å². The smallest absolute Gasteiger partial charge is 0.206 e. The molecule has 0 saturated carbocycles. The first-order chi connectivity index (χ1) is 10.3. The van der Waals surface area contributed by atoms with Gasteiger partial charge in [-0.05, 0) is 29.8 Å². The van der Waals surface area contributed by atoms with Gasteiger partial charge in [0.1, 0.15) is 0 Å². The minimum absolute atomic E-state index is 0.0798. The summed E-state index contributed by atoms with van der Waals surface area (Å²) in [5.74, 6) is 0. The highest BCUT2D eigenvalue weighted by Gasteiger charge is 2.32. The van der Waals surface area contributed by atoms with Crippen LogP contribution in [0.3, 0.4) is 0 Å². The predicted octanol–water partition coefficient (Wildman–Crippen LogP) is 2.34. The monoisotopic (exact) mass is 337 g/mol. The van der Waals surface area contributed by atoms with Crippen LogP contribution >= 0.6 is 0 Å². The van der Waals surface area contributed by atoms with Gasteiger partial charge in [-0.2, -0.15) is 0 Å². The first-order valence-corrected chi connectivity index (χ1v) is 9.20. The van der Waals surface area contributed by atoms with Crippen molar-refractivity contribution in [3.8, 4) is 0 Å². The quantitative estimate of drug-likeness (QED) is 0.839. The van der Waals surface area contributed by atoms with Crippen molar-refractivity contribution in [3.05, 3.63) is 66.7 Å². The fourth-order valence-electron chi connectivity index (χ4n) is 1.79. The second-order valence-corrected chi connectivity index (χ2v) is 8.65. The molecule has 0 aliphatic rings. The number of hydrogen-bond acceptors (Lipinski definition) is 4. The number of sulfonamides is 2. The summed E-state index contributed by atoms with van der Waals surface area (Å²) < 4.78 is 50.1. The van der Waals surface area contributed by atoms with E-state index in [1.807, 2.05) is 0 Å². The molecule has 0 fully saturated rings. The molecule has 0 amide bonds. The highest BCUT2D eigenvalue weighted by atomic mass is 32.3. The summed E-state index contributed by atoms with van der Waals surface area (Å²) in [6.45, 7) is 3.58. The molecule has 0 aromatic heterocycles. The molecule has 0 atom stereocenters. The molecule has 5 nitrogen and oxygen atoms in total. The van der Waals surface area contributed by atoms with Gasteiger partial charge in [-0.3, -0.25) is 0 Å². The van der Waals surface area contributed by atoms with E-state index in [4.69, 9.17) is 0 Å². The van der Waals surface area contributed by atoms with Gasteiger partial charge in [-0.25, -0.2) is 16.8 Å². The van der Waals surface area contributed by atoms with Gasteiger partial charge in [0.2, 0.25) is 0 Å². The largest absolute Gasteiger partial charge is 0.256 e. The van der Waals surface area contributed by atoms with Crippen molar-refractivity contribution < 1.29 is 16.8 Å². The van der Waals surface area contributed by atoms with E-state index in [1.54, 1.807) is 24.3 Å². The molecule has 2 rings (SSSR count). The molecule has 0 N–H and O–H groups in total. The van der Waals surface area contributed by atoms with Crippen LogP contribution in [0.25, 0.3) is 6.08 Å². The average molecular weight is 337 g/mol. The molecule has 0 radical (unpaired) electrons. The summed E-state index contributed by atoms with van der Waals surface area (Å²) in [5.41, 5.74) is 0.743. The van der Waals surface area contributed by atoms with Crippen molar-refractivity contribution in [1.82, 2.24) is 3.71 Å². The molecule has 0 saturated heterocycles. The first-order valence-electron chi connectivity index (χ1n) is 6.32. The van der Waals surface area contributed by atoms with Gasteiger partial charge in [0, 0.05) is 7.05 Å². The number of hydrogen-bond donors (Lipinski definition) is 0. The topological polar surface area (TPSA) is 71.5 Å². The lowest BCUT2D eigenvalue weighted by molar-refractivity contribution is 0.526. The van der Waals surface area contributed by atoms with Crippen molar-refractivity contribution in [2.45, 2.75) is 9.79 Å². The summed E-state index contributed by atoms with van der Waals surface area (Å²) in [7, 11) is -7.27. The molecule has 0 spiro atoms. The highest BCUT2D eigenvalue weighted by molar-refractivity contribution is 8.04. The Morgan fingerprint density at radius 2 is 1.27 bits per heavy atom. The van der Waals surface area contributed by atoms with Gasteiger partial charge < -0.3 is 0 Å². The summed E-state index contributed by atoms with van der Waals surface area (Å²) in [6, 6.07) is 13.2. The standard InChI is InChI=1S/C15H15NO4S2/c1-3-13-9-11-15(12-10-13)22(19,20)16(2)21(17,18)14-7-5-4-6-8-14/h3-12H,1H2,2H3. The highest BCUT2D eigenvalue weighted by Crippen LogP contribution is 2.22. The van der Waals surface area contributed by atoms with Gasteiger partial charge in [-0.1, -0.05) is 46.7 Å². The molecule has 0 unspecified atom stereocenters. The lowest BCUT2D eigenvalue weighted by Gasteiger charge is -2.17. The number of nitrogens with zero attached hydrogens (tertiary/aromatic N) is 1. The van der Waals surface area contributed by atoms with Gasteiger partial charge in [0.15, 0.2) is 0 Å². The van der Waals surface area contributed by atoms with Crippen LogP contribution in [0.1, 0.15) is 5.56 Å². The summed E-state index contributed by atoms with van der Waals surface area (Å²) in [4.78, 5) is -0.177. The van der Waals surface area contributed by atoms with Crippen molar-refractivity contribution in [2.24, 2.45) is 0 Å². The Kier molecular flexibility index (Phi) is 4.50. The minimum Gasteiger partial charge on any atom is -0.206 e. The third-order valence-electron chi connectivity index (χ3n) is 3.13. The molecule has 116 valence electrons. The second kappa shape index (κ2) is 6.04.